The molecule has 0 heterocycles. The molecule has 1 aromatic rings. The Morgan fingerprint density at radius 3 is 2.75 bits per heavy atom. The molecule has 90 valence electrons. The van der Waals surface area contributed by atoms with E-state index in [-0.39, 0.29) is 0 Å². The molecule has 0 aliphatic carbocycles. The number of anilines is 1. The quantitative estimate of drug-likeness (QED) is 0.575. The van der Waals surface area contributed by atoms with E-state index in [2.05, 4.69) is 18.3 Å². The number of unbranched alkanes of at least 4 members (excludes halogenated alkanes) is 1. The van der Waals surface area contributed by atoms with Gasteiger partial charge in [-0.15, -0.1) is 11.6 Å². The van der Waals surface area contributed by atoms with Crippen LogP contribution in [0.2, 0.25) is 0 Å². The summed E-state index contributed by atoms with van der Waals surface area (Å²) in [7, 11) is 0. The van der Waals surface area contributed by atoms with Gasteiger partial charge in [-0.2, -0.15) is 0 Å². The van der Waals surface area contributed by atoms with E-state index in [4.69, 9.17) is 16.3 Å². The van der Waals surface area contributed by atoms with Crippen LogP contribution in [0.3, 0.4) is 0 Å². The Morgan fingerprint density at radius 1 is 1.31 bits per heavy atom. The highest BCUT2D eigenvalue weighted by molar-refractivity contribution is 6.17. The Morgan fingerprint density at radius 2 is 2.12 bits per heavy atom. The van der Waals surface area contributed by atoms with E-state index >= 15 is 0 Å². The lowest BCUT2D eigenvalue weighted by Gasteiger charge is -2.11. The molecule has 0 saturated carbocycles. The molecule has 1 aromatic carbocycles. The first kappa shape index (κ1) is 13.2. The van der Waals surface area contributed by atoms with E-state index < -0.39 is 0 Å². The molecule has 0 aliphatic rings. The largest absolute Gasteiger partial charge is 0.494 e. The van der Waals surface area contributed by atoms with Crippen molar-refractivity contribution in [1.29, 1.82) is 0 Å². The van der Waals surface area contributed by atoms with Gasteiger partial charge >= 0.3 is 0 Å². The van der Waals surface area contributed by atoms with Gasteiger partial charge in [0.15, 0.2) is 0 Å². The van der Waals surface area contributed by atoms with E-state index in [1.54, 1.807) is 0 Å². The first-order valence-electron chi connectivity index (χ1n) is 5.87. The standard InChI is InChI=1S/C13H20ClNO/c1-3-5-8-15-12-6-7-13(16-4-2)11(9-12)10-14/h6-7,9,15H,3-5,8,10H2,1-2H3. The van der Waals surface area contributed by atoms with Crippen LogP contribution in [-0.4, -0.2) is 13.2 Å². The van der Waals surface area contributed by atoms with Crippen molar-refractivity contribution in [3.05, 3.63) is 23.8 Å². The topological polar surface area (TPSA) is 21.3 Å². The second-order valence-electron chi connectivity index (χ2n) is 3.67. The molecule has 0 saturated heterocycles. The molecule has 0 radical (unpaired) electrons. The summed E-state index contributed by atoms with van der Waals surface area (Å²) in [4.78, 5) is 0. The predicted molar refractivity (Wildman–Crippen MR) is 70.6 cm³/mol. The molecule has 0 fully saturated rings. The van der Waals surface area contributed by atoms with E-state index in [9.17, 15) is 0 Å². The zero-order valence-electron chi connectivity index (χ0n) is 10.1. The van der Waals surface area contributed by atoms with Crippen LogP contribution in [0.25, 0.3) is 0 Å². The Kier molecular flexibility index (Phi) is 6.09. The summed E-state index contributed by atoms with van der Waals surface area (Å²) in [5.74, 6) is 1.37. The van der Waals surface area contributed by atoms with Gasteiger partial charge in [-0.05, 0) is 31.5 Å². The van der Waals surface area contributed by atoms with Gasteiger partial charge in [0.05, 0.1) is 12.5 Å². The van der Waals surface area contributed by atoms with Crippen LogP contribution in [0.1, 0.15) is 32.3 Å². The fourth-order valence-corrected chi connectivity index (χ4v) is 1.71. The van der Waals surface area contributed by atoms with Gasteiger partial charge < -0.3 is 10.1 Å². The molecule has 1 rings (SSSR count). The van der Waals surface area contributed by atoms with Gasteiger partial charge in [0.2, 0.25) is 0 Å². The highest BCUT2D eigenvalue weighted by Gasteiger charge is 2.03. The van der Waals surface area contributed by atoms with E-state index in [1.165, 1.54) is 12.8 Å². The maximum atomic E-state index is 5.89. The molecule has 0 unspecified atom stereocenters. The van der Waals surface area contributed by atoms with Crippen molar-refractivity contribution < 1.29 is 4.74 Å². The molecule has 0 spiro atoms. The lowest BCUT2D eigenvalue weighted by atomic mass is 10.2. The van der Waals surface area contributed by atoms with Crippen molar-refractivity contribution in [3.8, 4) is 5.75 Å². The fourth-order valence-electron chi connectivity index (χ4n) is 1.50. The third-order valence-corrected chi connectivity index (χ3v) is 2.65. The molecule has 0 aliphatic heterocycles. The van der Waals surface area contributed by atoms with E-state index in [1.807, 2.05) is 19.1 Å². The Bertz CT molecular complexity index is 315. The highest BCUT2D eigenvalue weighted by atomic mass is 35.5. The highest BCUT2D eigenvalue weighted by Crippen LogP contribution is 2.24. The normalized spacial score (nSPS) is 10.2. The number of ether oxygens (including phenoxy) is 1. The van der Waals surface area contributed by atoms with Gasteiger partial charge in [0, 0.05) is 17.8 Å². The second-order valence-corrected chi connectivity index (χ2v) is 3.94. The van der Waals surface area contributed by atoms with Gasteiger partial charge in [-0.3, -0.25) is 0 Å². The van der Waals surface area contributed by atoms with Crippen molar-refractivity contribution in [1.82, 2.24) is 0 Å². The van der Waals surface area contributed by atoms with Crippen LogP contribution in [0.15, 0.2) is 18.2 Å². The number of hydrogen-bond acceptors (Lipinski definition) is 2. The number of nitrogens with one attached hydrogen (secondary N) is 1. The second kappa shape index (κ2) is 7.39. The smallest absolute Gasteiger partial charge is 0.123 e. The summed E-state index contributed by atoms with van der Waals surface area (Å²) in [6.07, 6.45) is 2.38. The number of benzene rings is 1. The molecule has 1 N–H and O–H groups in total. The molecule has 0 amide bonds. The minimum atomic E-state index is 0.485. The number of alkyl halides is 1. The van der Waals surface area contributed by atoms with Crippen molar-refractivity contribution >= 4 is 17.3 Å². The van der Waals surface area contributed by atoms with Crippen LogP contribution in [0.4, 0.5) is 5.69 Å². The summed E-state index contributed by atoms with van der Waals surface area (Å²) in [5, 5.41) is 3.38. The molecular formula is C13H20ClNO. The monoisotopic (exact) mass is 241 g/mol. The lowest BCUT2D eigenvalue weighted by molar-refractivity contribution is 0.337. The minimum absolute atomic E-state index is 0.485. The molecule has 0 aromatic heterocycles. The fraction of sp³-hybridized carbons (Fsp3) is 0.538. The summed E-state index contributed by atoms with van der Waals surface area (Å²) in [6, 6.07) is 6.08. The number of rotatable bonds is 7. The van der Waals surface area contributed by atoms with Crippen LogP contribution < -0.4 is 10.1 Å². The van der Waals surface area contributed by atoms with E-state index in [0.29, 0.717) is 12.5 Å². The van der Waals surface area contributed by atoms with Crippen LogP contribution in [0.5, 0.6) is 5.75 Å². The Balaban J connectivity index is 2.66. The van der Waals surface area contributed by atoms with Crippen LogP contribution in [0, 0.1) is 0 Å². The van der Waals surface area contributed by atoms with Gasteiger partial charge in [-0.25, -0.2) is 0 Å². The number of hydrogen-bond donors (Lipinski definition) is 1. The third kappa shape index (κ3) is 3.93. The van der Waals surface area contributed by atoms with Crippen LogP contribution >= 0.6 is 11.6 Å². The zero-order chi connectivity index (χ0) is 11.8. The summed E-state index contributed by atoms with van der Waals surface area (Å²) in [5.41, 5.74) is 2.16. The average molecular weight is 242 g/mol. The molecule has 16 heavy (non-hydrogen) atoms. The molecule has 2 nitrogen and oxygen atoms in total. The molecule has 0 atom stereocenters. The maximum absolute atomic E-state index is 5.89. The minimum Gasteiger partial charge on any atom is -0.494 e. The summed E-state index contributed by atoms with van der Waals surface area (Å²) >= 11 is 5.89. The van der Waals surface area contributed by atoms with Crippen LogP contribution in [-0.2, 0) is 5.88 Å². The summed E-state index contributed by atoms with van der Waals surface area (Å²) < 4.78 is 5.50. The average Bonchev–Trinajstić information content (AvgIpc) is 2.31. The van der Waals surface area contributed by atoms with Gasteiger partial charge in [0.1, 0.15) is 5.75 Å². The van der Waals surface area contributed by atoms with Crippen molar-refractivity contribution in [2.75, 3.05) is 18.5 Å². The van der Waals surface area contributed by atoms with Gasteiger partial charge in [0.25, 0.3) is 0 Å². The summed E-state index contributed by atoms with van der Waals surface area (Å²) in [6.45, 7) is 5.84. The Labute approximate surface area is 103 Å². The van der Waals surface area contributed by atoms with Crippen molar-refractivity contribution in [2.24, 2.45) is 0 Å². The molecule has 3 heteroatoms. The third-order valence-electron chi connectivity index (χ3n) is 2.36. The predicted octanol–water partition coefficient (Wildman–Crippen LogP) is 4.04. The SMILES string of the molecule is CCCCNc1ccc(OCC)c(CCl)c1. The number of halogens is 1. The molecule has 0 bridgehead atoms. The van der Waals surface area contributed by atoms with E-state index in [0.717, 1.165) is 23.5 Å². The van der Waals surface area contributed by atoms with Crippen molar-refractivity contribution in [2.45, 2.75) is 32.6 Å². The zero-order valence-corrected chi connectivity index (χ0v) is 10.8. The maximum Gasteiger partial charge on any atom is 0.123 e. The molecular weight excluding hydrogens is 222 g/mol. The van der Waals surface area contributed by atoms with Crippen molar-refractivity contribution in [3.63, 3.8) is 0 Å². The Hall–Kier alpha value is -0.890. The first-order chi connectivity index (χ1) is 7.81. The lowest BCUT2D eigenvalue weighted by Crippen LogP contribution is -2.02. The van der Waals surface area contributed by atoms with Gasteiger partial charge in [-0.1, -0.05) is 13.3 Å². The first-order valence-corrected chi connectivity index (χ1v) is 6.40.